The van der Waals surface area contributed by atoms with Crippen LogP contribution in [0.2, 0.25) is 0 Å². The van der Waals surface area contributed by atoms with Gasteiger partial charge in [-0.15, -0.1) is 0 Å². The summed E-state index contributed by atoms with van der Waals surface area (Å²) in [7, 11) is 0. The average Bonchev–Trinajstić information content (AvgIpc) is 3.14. The summed E-state index contributed by atoms with van der Waals surface area (Å²) in [6.45, 7) is 7.89. The Morgan fingerprint density at radius 2 is 2.08 bits per heavy atom. The van der Waals surface area contributed by atoms with Gasteiger partial charge in [0.2, 0.25) is 11.5 Å². The first-order valence-electron chi connectivity index (χ1n) is 12.7. The Morgan fingerprint density at radius 1 is 1.25 bits per heavy atom. The quantitative estimate of drug-likeness (QED) is 0.354. The zero-order chi connectivity index (χ0) is 25.2. The third kappa shape index (κ3) is 4.67. The van der Waals surface area contributed by atoms with Gasteiger partial charge in [0, 0.05) is 23.9 Å². The number of unbranched alkanes of at least 4 members (excludes halogenated alkanes) is 2. The van der Waals surface area contributed by atoms with Gasteiger partial charge in [0.25, 0.3) is 5.56 Å². The first-order chi connectivity index (χ1) is 17.4. The molecule has 188 valence electrons. The van der Waals surface area contributed by atoms with Crippen molar-refractivity contribution in [1.82, 2.24) is 9.55 Å². The van der Waals surface area contributed by atoms with Crippen molar-refractivity contribution in [2.75, 3.05) is 18.1 Å². The van der Waals surface area contributed by atoms with Crippen molar-refractivity contribution < 1.29 is 9.53 Å². The summed E-state index contributed by atoms with van der Waals surface area (Å²) >= 11 is 0. The van der Waals surface area contributed by atoms with Crippen LogP contribution in [0, 0.1) is 6.92 Å². The van der Waals surface area contributed by atoms with E-state index in [4.69, 9.17) is 10.5 Å². The molecular weight excluding hydrogens is 454 g/mol. The van der Waals surface area contributed by atoms with Crippen LogP contribution in [0.25, 0.3) is 6.58 Å². The number of aryl methyl sites for hydroxylation is 2. The SMILES string of the molecule is C=c1c(=O)[nH]c2n1Cc1c(C)cc(OCCCCCC(C(N)=O)N3CCCc4ccccc43)cc1N=2. The van der Waals surface area contributed by atoms with Crippen LogP contribution in [0.3, 0.4) is 0 Å². The molecule has 36 heavy (non-hydrogen) atoms. The second kappa shape index (κ2) is 10.0. The van der Waals surface area contributed by atoms with Crippen molar-refractivity contribution in [3.8, 4) is 5.75 Å². The van der Waals surface area contributed by atoms with E-state index in [-0.39, 0.29) is 17.5 Å². The summed E-state index contributed by atoms with van der Waals surface area (Å²) in [5.74, 6) is 0.516. The lowest BCUT2D eigenvalue weighted by atomic mass is 9.97. The summed E-state index contributed by atoms with van der Waals surface area (Å²) in [6.07, 6.45) is 5.58. The largest absolute Gasteiger partial charge is 0.494 e. The summed E-state index contributed by atoms with van der Waals surface area (Å²) in [5.41, 5.74) is 11.5. The van der Waals surface area contributed by atoms with Gasteiger partial charge in [0.05, 0.1) is 18.8 Å². The van der Waals surface area contributed by atoms with E-state index < -0.39 is 0 Å². The minimum atomic E-state index is -0.276. The standard InChI is InChI=1S/C28H33N5O3/c1-18-15-21(16-23-22(18)17-33-19(2)27(35)31-28(33)30-23)36-14-7-3-4-12-25(26(29)34)32-13-8-10-20-9-5-6-11-24(20)32/h5-6,9,11,15-16,25H,2-4,7-8,10,12-14,17H2,1H3,(H2,29,34)(H,30,31,35). The fourth-order valence-electron chi connectivity index (χ4n) is 5.32. The number of nitrogens with zero attached hydrogens (tertiary/aromatic N) is 3. The highest BCUT2D eigenvalue weighted by Crippen LogP contribution is 2.31. The molecule has 8 heteroatoms. The number of fused-ring (bicyclic) bond motifs is 3. The smallest absolute Gasteiger partial charge is 0.274 e. The topological polar surface area (TPSA) is 106 Å². The maximum atomic E-state index is 12.3. The molecule has 8 nitrogen and oxygen atoms in total. The van der Waals surface area contributed by atoms with Crippen LogP contribution in [0.4, 0.5) is 11.4 Å². The molecule has 3 N–H and O–H groups in total. The second-order valence-electron chi connectivity index (χ2n) is 9.70. The Hall–Kier alpha value is -3.81. The average molecular weight is 488 g/mol. The molecule has 2 aliphatic heterocycles. The van der Waals surface area contributed by atoms with Crippen LogP contribution in [0.5, 0.6) is 5.75 Å². The van der Waals surface area contributed by atoms with Crippen molar-refractivity contribution in [1.29, 1.82) is 0 Å². The molecule has 2 aliphatic rings. The Labute approximate surface area is 210 Å². The molecule has 1 amide bonds. The van der Waals surface area contributed by atoms with Gasteiger partial charge in [0.15, 0.2) is 0 Å². The molecule has 0 radical (unpaired) electrons. The van der Waals surface area contributed by atoms with E-state index in [1.54, 1.807) is 4.57 Å². The molecule has 1 unspecified atom stereocenters. The number of aromatic amines is 1. The minimum absolute atomic E-state index is 0.209. The van der Waals surface area contributed by atoms with Crippen LogP contribution >= 0.6 is 0 Å². The van der Waals surface area contributed by atoms with E-state index in [9.17, 15) is 9.59 Å². The van der Waals surface area contributed by atoms with E-state index in [0.717, 1.165) is 73.3 Å². The van der Waals surface area contributed by atoms with Crippen LogP contribution in [-0.4, -0.2) is 34.7 Å². The number of carbonyl (C=O) groups is 1. The van der Waals surface area contributed by atoms with E-state index in [0.29, 0.717) is 24.1 Å². The number of rotatable bonds is 9. The molecule has 0 bridgehead atoms. The number of imidazole rings is 1. The van der Waals surface area contributed by atoms with Crippen LogP contribution in [0.1, 0.15) is 48.8 Å². The van der Waals surface area contributed by atoms with Crippen molar-refractivity contribution in [3.05, 3.63) is 74.4 Å². The lowest BCUT2D eigenvalue weighted by molar-refractivity contribution is -0.119. The number of nitrogens with one attached hydrogen (secondary N) is 1. The molecule has 0 saturated carbocycles. The van der Waals surface area contributed by atoms with Crippen molar-refractivity contribution in [2.24, 2.45) is 10.7 Å². The number of primary amides is 1. The molecule has 2 aromatic carbocycles. The van der Waals surface area contributed by atoms with Gasteiger partial charge >= 0.3 is 0 Å². The highest BCUT2D eigenvalue weighted by molar-refractivity contribution is 5.84. The number of carbonyl (C=O) groups excluding carboxylic acids is 1. The number of hydrogen-bond donors (Lipinski definition) is 2. The first kappa shape index (κ1) is 23.9. The van der Waals surface area contributed by atoms with E-state index >= 15 is 0 Å². The predicted octanol–water partition coefficient (Wildman–Crippen LogP) is 2.45. The number of hydrogen-bond acceptors (Lipinski definition) is 5. The van der Waals surface area contributed by atoms with E-state index in [2.05, 4.69) is 39.7 Å². The maximum Gasteiger partial charge on any atom is 0.274 e. The lowest BCUT2D eigenvalue weighted by Gasteiger charge is -2.36. The number of ether oxygens (including phenoxy) is 1. The number of anilines is 1. The zero-order valence-corrected chi connectivity index (χ0v) is 20.8. The Bertz CT molecular complexity index is 1450. The number of amides is 1. The number of H-pyrrole nitrogens is 1. The Balaban J connectivity index is 1.15. The van der Waals surface area contributed by atoms with Crippen molar-refractivity contribution in [2.45, 2.75) is 58.0 Å². The normalized spacial score (nSPS) is 14.9. The fourth-order valence-corrected chi connectivity index (χ4v) is 5.32. The summed E-state index contributed by atoms with van der Waals surface area (Å²) < 4.78 is 7.84. The molecular formula is C28H33N5O3. The number of aromatic nitrogens is 2. The van der Waals surface area contributed by atoms with Crippen LogP contribution < -0.4 is 31.9 Å². The third-order valence-corrected chi connectivity index (χ3v) is 7.28. The molecule has 5 rings (SSSR count). The molecule has 0 aliphatic carbocycles. The number of nitrogens with two attached hydrogens (primary N) is 1. The highest BCUT2D eigenvalue weighted by Gasteiger charge is 2.27. The number of benzene rings is 2. The molecule has 3 heterocycles. The second-order valence-corrected chi connectivity index (χ2v) is 9.70. The Morgan fingerprint density at radius 3 is 2.92 bits per heavy atom. The van der Waals surface area contributed by atoms with Crippen LogP contribution in [-0.2, 0) is 17.8 Å². The summed E-state index contributed by atoms with van der Waals surface area (Å²) in [6, 6.07) is 12.0. The van der Waals surface area contributed by atoms with Gasteiger partial charge in [0.1, 0.15) is 17.1 Å². The van der Waals surface area contributed by atoms with Gasteiger partial charge in [-0.25, -0.2) is 4.99 Å². The maximum absolute atomic E-state index is 12.3. The van der Waals surface area contributed by atoms with Crippen molar-refractivity contribution in [3.63, 3.8) is 0 Å². The Kier molecular flexibility index (Phi) is 6.67. The van der Waals surface area contributed by atoms with Crippen LogP contribution in [0.15, 0.2) is 46.2 Å². The van der Waals surface area contributed by atoms with Gasteiger partial charge in [-0.2, -0.15) is 0 Å². The van der Waals surface area contributed by atoms with Gasteiger partial charge in [-0.05, 0) is 62.3 Å². The predicted molar refractivity (Wildman–Crippen MR) is 140 cm³/mol. The molecule has 0 spiro atoms. The molecule has 3 aromatic rings. The van der Waals surface area contributed by atoms with Gasteiger partial charge in [-0.1, -0.05) is 31.2 Å². The van der Waals surface area contributed by atoms with Gasteiger partial charge in [-0.3, -0.25) is 14.6 Å². The zero-order valence-electron chi connectivity index (χ0n) is 20.8. The summed E-state index contributed by atoms with van der Waals surface area (Å²) in [4.78, 5) is 33.7. The molecule has 0 saturated heterocycles. The monoisotopic (exact) mass is 487 g/mol. The molecule has 0 fully saturated rings. The number of para-hydroxylation sites is 1. The summed E-state index contributed by atoms with van der Waals surface area (Å²) in [5, 5.41) is 0.419. The fraction of sp³-hybridized carbons (Fsp3) is 0.393. The lowest BCUT2D eigenvalue weighted by Crippen LogP contribution is -2.47. The third-order valence-electron chi connectivity index (χ3n) is 7.28. The molecule has 1 aromatic heterocycles. The first-order valence-corrected chi connectivity index (χ1v) is 12.7. The highest BCUT2D eigenvalue weighted by atomic mass is 16.5. The minimum Gasteiger partial charge on any atom is -0.494 e. The van der Waals surface area contributed by atoms with Crippen molar-refractivity contribution >= 4 is 23.9 Å². The van der Waals surface area contributed by atoms with E-state index in [1.165, 1.54) is 5.56 Å². The van der Waals surface area contributed by atoms with E-state index in [1.807, 2.05) is 25.1 Å². The molecule has 1 atom stereocenters. The van der Waals surface area contributed by atoms with Gasteiger partial charge < -0.3 is 19.9 Å².